The van der Waals surface area contributed by atoms with Gasteiger partial charge in [0.2, 0.25) is 0 Å². The van der Waals surface area contributed by atoms with Crippen LogP contribution in [0.5, 0.6) is 0 Å². The monoisotopic (exact) mass is 560 g/mol. The van der Waals surface area contributed by atoms with Crippen LogP contribution in [-0.4, -0.2) is 38.2 Å². The molecular formula is C26H48ClP2Rh. The van der Waals surface area contributed by atoms with E-state index in [0.29, 0.717) is 0 Å². The first-order chi connectivity index (χ1) is 13.9. The first-order valence-electron chi connectivity index (χ1n) is 11.3. The van der Waals surface area contributed by atoms with Crippen LogP contribution in [0.15, 0.2) is 30.3 Å². The van der Waals surface area contributed by atoms with Gasteiger partial charge in [-0.25, -0.2) is 0 Å². The van der Waals surface area contributed by atoms with Crippen LogP contribution in [0.4, 0.5) is 0 Å². The van der Waals surface area contributed by atoms with Gasteiger partial charge in [-0.3, -0.25) is 0 Å². The summed E-state index contributed by atoms with van der Waals surface area (Å²) < 4.78 is 2.97. The molecule has 0 aliphatic carbocycles. The molecule has 178 valence electrons. The van der Waals surface area contributed by atoms with E-state index in [2.05, 4.69) is 87.3 Å². The third-order valence-electron chi connectivity index (χ3n) is 4.63. The molecule has 0 spiro atoms. The van der Waals surface area contributed by atoms with Crippen LogP contribution in [0.3, 0.4) is 0 Å². The predicted octanol–water partition coefficient (Wildman–Crippen LogP) is 9.72. The van der Waals surface area contributed by atoms with Crippen LogP contribution in [-0.2, 0) is 15.7 Å². The van der Waals surface area contributed by atoms with Crippen molar-refractivity contribution in [1.82, 2.24) is 0 Å². The van der Waals surface area contributed by atoms with Crippen molar-refractivity contribution in [3.8, 4) is 0 Å². The van der Waals surface area contributed by atoms with Crippen LogP contribution in [0.25, 0.3) is 6.08 Å². The summed E-state index contributed by atoms with van der Waals surface area (Å²) in [6, 6.07) is 10.0. The molecule has 1 rings (SSSR count). The van der Waals surface area contributed by atoms with Gasteiger partial charge in [0.05, 0.1) is 0 Å². The minimum atomic E-state index is -0.0590. The Hall–Kier alpha value is 0.643. The van der Waals surface area contributed by atoms with Crippen molar-refractivity contribution in [2.24, 2.45) is 0 Å². The summed E-state index contributed by atoms with van der Waals surface area (Å²) in [6.07, 6.45) is 1.91. The van der Waals surface area contributed by atoms with Crippen molar-refractivity contribution < 1.29 is 15.7 Å². The predicted molar refractivity (Wildman–Crippen MR) is 146 cm³/mol. The van der Waals surface area contributed by atoms with Crippen LogP contribution in [0, 0.1) is 0 Å². The van der Waals surface area contributed by atoms with Crippen LogP contribution >= 0.6 is 25.5 Å². The fourth-order valence-corrected chi connectivity index (χ4v) is 11.9. The first-order valence-corrected chi connectivity index (χ1v) is 17.3. The third-order valence-corrected chi connectivity index (χ3v) is 12.6. The number of hydrogen-bond donors (Lipinski definition) is 0. The van der Waals surface area contributed by atoms with Crippen molar-refractivity contribution in [3.63, 3.8) is 0 Å². The standard InChI is InChI=1S/2C9H21P.C8H6.ClH.Rh/c2*1-7(2)10(8(3)4)9(5)6;1-2-8-6-4-3-5-7-8;;/h2*7-9H,1-6H3;2-7H;1H;/q;;;;+1/p-1. The van der Waals surface area contributed by atoms with E-state index in [4.69, 9.17) is 9.69 Å². The fourth-order valence-electron chi connectivity index (χ4n) is 4.20. The molecule has 0 bridgehead atoms. The Morgan fingerprint density at radius 3 is 1.13 bits per heavy atom. The Morgan fingerprint density at radius 2 is 0.933 bits per heavy atom. The number of benzene rings is 1. The summed E-state index contributed by atoms with van der Waals surface area (Å²) in [5.41, 5.74) is 6.55. The molecule has 0 aromatic heterocycles. The summed E-state index contributed by atoms with van der Waals surface area (Å²) in [6.45, 7) is 28.2. The van der Waals surface area contributed by atoms with Gasteiger partial charge < -0.3 is 0 Å². The minimum absolute atomic E-state index is 0.0590. The normalized spacial score (nSPS) is 11.4. The van der Waals surface area contributed by atoms with Crippen LogP contribution < -0.4 is 0 Å². The summed E-state index contributed by atoms with van der Waals surface area (Å²) >= 11 is -0.0590. The van der Waals surface area contributed by atoms with E-state index in [-0.39, 0.29) is 31.5 Å². The van der Waals surface area contributed by atoms with E-state index >= 15 is 0 Å². The molecule has 0 heterocycles. The Morgan fingerprint density at radius 1 is 0.633 bits per heavy atom. The topological polar surface area (TPSA) is 0 Å². The molecule has 0 saturated carbocycles. The van der Waals surface area contributed by atoms with Gasteiger partial charge in [0.25, 0.3) is 0 Å². The summed E-state index contributed by atoms with van der Waals surface area (Å²) in [5.74, 6) is 0. The third kappa shape index (κ3) is 16.3. The van der Waals surface area contributed by atoms with Gasteiger partial charge in [-0.05, 0) is 34.0 Å². The number of rotatable bonds is 7. The van der Waals surface area contributed by atoms with Gasteiger partial charge in [-0.1, -0.05) is 98.9 Å². The molecular weight excluding hydrogens is 513 g/mol. The molecule has 0 amide bonds. The van der Waals surface area contributed by atoms with E-state index in [1.54, 1.807) is 0 Å². The van der Waals surface area contributed by atoms with E-state index in [1.807, 2.05) is 36.4 Å². The molecule has 0 nitrogen and oxygen atoms in total. The second-order valence-electron chi connectivity index (χ2n) is 9.17. The maximum absolute atomic E-state index is 5.48. The molecule has 0 radical (unpaired) electrons. The molecule has 0 saturated heterocycles. The molecule has 4 heteroatoms. The second kappa shape index (κ2) is 19.1. The van der Waals surface area contributed by atoms with Gasteiger partial charge in [-0.15, -0.1) is 0 Å². The van der Waals surface area contributed by atoms with Gasteiger partial charge in [0.1, 0.15) is 0 Å². The van der Waals surface area contributed by atoms with Crippen molar-refractivity contribution >= 4 is 35.9 Å². The zero-order valence-corrected chi connectivity index (χ0v) is 25.7. The molecule has 0 N–H and O–H groups in total. The molecule has 30 heavy (non-hydrogen) atoms. The van der Waals surface area contributed by atoms with E-state index in [9.17, 15) is 0 Å². The average molecular weight is 561 g/mol. The van der Waals surface area contributed by atoms with Crippen LogP contribution in [0.2, 0.25) is 0 Å². The fraction of sp³-hybridized carbons (Fsp3) is 0.692. The summed E-state index contributed by atoms with van der Waals surface area (Å²) in [4.78, 5) is 0. The van der Waals surface area contributed by atoms with Crippen molar-refractivity contribution in [2.45, 2.75) is 117 Å². The molecule has 0 atom stereocenters. The van der Waals surface area contributed by atoms with E-state index in [0.717, 1.165) is 39.5 Å². The van der Waals surface area contributed by atoms with E-state index in [1.165, 1.54) is 0 Å². The Labute approximate surface area is 203 Å². The second-order valence-corrected chi connectivity index (χ2v) is 18.7. The number of halogens is 1. The molecule has 1 aromatic carbocycles. The van der Waals surface area contributed by atoms with Gasteiger partial charge in [0.15, 0.2) is 0 Å². The SMILES string of the molecule is CC(C)P(C(C)C)C(C)C.CC(C)P(C(C)C)C(C)C.[Cl][Rh]=[C]=Cc1ccccc1. The molecule has 0 fully saturated rings. The molecule has 0 aliphatic heterocycles. The van der Waals surface area contributed by atoms with Crippen molar-refractivity contribution in [2.75, 3.05) is 0 Å². The Kier molecular flexibility index (Phi) is 20.9. The quantitative estimate of drug-likeness (QED) is 0.230. The first kappa shape index (κ1) is 32.8. The van der Waals surface area contributed by atoms with Crippen molar-refractivity contribution in [3.05, 3.63) is 35.9 Å². The van der Waals surface area contributed by atoms with Gasteiger partial charge in [-0.2, -0.15) is 0 Å². The van der Waals surface area contributed by atoms with E-state index < -0.39 is 0 Å². The molecule has 1 aromatic rings. The Balaban J connectivity index is 0. The molecule has 0 unspecified atom stereocenters. The van der Waals surface area contributed by atoms with Crippen molar-refractivity contribution in [1.29, 1.82) is 0 Å². The Bertz CT molecular complexity index is 512. The number of hydrogen-bond acceptors (Lipinski definition) is 0. The van der Waals surface area contributed by atoms with Gasteiger partial charge in [0, 0.05) is 0 Å². The zero-order valence-electron chi connectivity index (χ0n) is 21.5. The van der Waals surface area contributed by atoms with Gasteiger partial charge >= 0.3 is 71.6 Å². The summed E-state index contributed by atoms with van der Waals surface area (Å²) in [5, 5.41) is 0. The zero-order chi connectivity index (χ0) is 23.9. The van der Waals surface area contributed by atoms with Crippen LogP contribution in [0.1, 0.15) is 88.6 Å². The summed E-state index contributed by atoms with van der Waals surface area (Å²) in [7, 11) is 6.00. The maximum atomic E-state index is 5.48. The average Bonchev–Trinajstić information content (AvgIpc) is 2.59. The molecule has 0 aliphatic rings.